The van der Waals surface area contributed by atoms with Crippen LogP contribution in [0.15, 0.2) is 121 Å². The predicted octanol–water partition coefficient (Wildman–Crippen LogP) is 10.6. The Bertz CT molecular complexity index is 2040. The molecular formula is C41H40N4. The number of fused-ring (bicyclic) bond motifs is 3. The largest absolute Gasteiger partial charge is 0.309 e. The third kappa shape index (κ3) is 5.50. The molecular weight excluding hydrogens is 548 g/mol. The average molecular weight is 589 g/mol. The Morgan fingerprint density at radius 3 is 1.82 bits per heavy atom. The van der Waals surface area contributed by atoms with E-state index >= 15 is 0 Å². The van der Waals surface area contributed by atoms with Crippen molar-refractivity contribution in [2.45, 2.75) is 59.3 Å². The highest BCUT2D eigenvalue weighted by Gasteiger charge is 2.23. The van der Waals surface area contributed by atoms with Crippen LogP contribution in [0.1, 0.15) is 65.3 Å². The molecule has 0 radical (unpaired) electrons. The summed E-state index contributed by atoms with van der Waals surface area (Å²) in [5.41, 5.74) is 8.23. The minimum absolute atomic E-state index is 0.0746. The molecule has 0 fully saturated rings. The number of rotatable bonds is 4. The molecule has 224 valence electrons. The zero-order chi connectivity index (χ0) is 31.3. The molecule has 1 unspecified atom stereocenters. The van der Waals surface area contributed by atoms with Gasteiger partial charge in [0.2, 0.25) is 0 Å². The van der Waals surface area contributed by atoms with Gasteiger partial charge in [-0.25, -0.2) is 15.0 Å². The van der Waals surface area contributed by atoms with Gasteiger partial charge >= 0.3 is 0 Å². The Balaban J connectivity index is 1.36. The zero-order valence-corrected chi connectivity index (χ0v) is 27.0. The Labute approximate surface area is 266 Å². The lowest BCUT2D eigenvalue weighted by Gasteiger charge is -2.25. The number of para-hydroxylation sites is 2. The molecule has 45 heavy (non-hydrogen) atoms. The number of nitrogens with zero attached hydrogens (tertiary/aromatic N) is 4. The minimum Gasteiger partial charge on any atom is -0.309 e. The predicted molar refractivity (Wildman–Crippen MR) is 188 cm³/mol. The van der Waals surface area contributed by atoms with Crippen molar-refractivity contribution < 1.29 is 0 Å². The van der Waals surface area contributed by atoms with Gasteiger partial charge < -0.3 is 4.57 Å². The summed E-state index contributed by atoms with van der Waals surface area (Å²) in [6, 6.07) is 34.5. The van der Waals surface area contributed by atoms with Gasteiger partial charge in [-0.2, -0.15) is 0 Å². The van der Waals surface area contributed by atoms with Gasteiger partial charge in [-0.05, 0) is 52.7 Å². The second-order valence-corrected chi connectivity index (χ2v) is 14.2. The van der Waals surface area contributed by atoms with Gasteiger partial charge in [-0.3, -0.25) is 0 Å². The van der Waals surface area contributed by atoms with Crippen LogP contribution in [0.25, 0.3) is 50.3 Å². The molecule has 0 saturated heterocycles. The monoisotopic (exact) mass is 588 g/mol. The van der Waals surface area contributed by atoms with Crippen molar-refractivity contribution in [2.75, 3.05) is 0 Å². The molecule has 1 atom stereocenters. The molecule has 0 saturated carbocycles. The summed E-state index contributed by atoms with van der Waals surface area (Å²) in [6.07, 6.45) is 7.73. The topological polar surface area (TPSA) is 43.6 Å². The van der Waals surface area contributed by atoms with E-state index in [0.29, 0.717) is 11.6 Å². The highest BCUT2D eigenvalue weighted by molar-refractivity contribution is 6.09. The van der Waals surface area contributed by atoms with Crippen LogP contribution >= 0.6 is 0 Å². The highest BCUT2D eigenvalue weighted by Crippen LogP contribution is 2.36. The van der Waals surface area contributed by atoms with Crippen molar-refractivity contribution in [3.05, 3.63) is 132 Å². The van der Waals surface area contributed by atoms with Gasteiger partial charge in [0, 0.05) is 33.5 Å². The molecule has 4 aromatic carbocycles. The Morgan fingerprint density at radius 2 is 1.24 bits per heavy atom. The molecule has 1 aliphatic carbocycles. The summed E-state index contributed by atoms with van der Waals surface area (Å²) < 4.78 is 2.34. The summed E-state index contributed by atoms with van der Waals surface area (Å²) in [7, 11) is 0. The summed E-state index contributed by atoms with van der Waals surface area (Å²) in [5, 5.41) is 2.49. The van der Waals surface area contributed by atoms with Crippen LogP contribution in [0.3, 0.4) is 0 Å². The molecule has 0 aliphatic heterocycles. The van der Waals surface area contributed by atoms with E-state index in [0.717, 1.165) is 29.1 Å². The van der Waals surface area contributed by atoms with Crippen LogP contribution in [-0.2, 0) is 5.41 Å². The van der Waals surface area contributed by atoms with Crippen LogP contribution in [0, 0.1) is 5.41 Å². The number of aromatic nitrogens is 4. The van der Waals surface area contributed by atoms with Crippen molar-refractivity contribution in [1.82, 2.24) is 19.5 Å². The van der Waals surface area contributed by atoms with E-state index in [9.17, 15) is 0 Å². The van der Waals surface area contributed by atoms with Gasteiger partial charge in [0.1, 0.15) is 5.82 Å². The van der Waals surface area contributed by atoms with Crippen LogP contribution < -0.4 is 0 Å². The Hall–Kier alpha value is -4.83. The maximum Gasteiger partial charge on any atom is 0.163 e. The van der Waals surface area contributed by atoms with Crippen molar-refractivity contribution in [3.8, 4) is 28.5 Å². The fourth-order valence-electron chi connectivity index (χ4n) is 6.29. The fraction of sp³-hybridized carbons (Fsp3) is 0.244. The molecule has 0 spiro atoms. The van der Waals surface area contributed by atoms with Crippen LogP contribution in [0.4, 0.5) is 0 Å². The van der Waals surface area contributed by atoms with Crippen molar-refractivity contribution >= 4 is 21.8 Å². The number of benzene rings is 4. The minimum atomic E-state index is 0.0746. The van der Waals surface area contributed by atoms with Gasteiger partial charge in [0.15, 0.2) is 11.6 Å². The van der Waals surface area contributed by atoms with E-state index in [2.05, 4.69) is 161 Å². The maximum atomic E-state index is 5.13. The van der Waals surface area contributed by atoms with Gasteiger partial charge in [0.25, 0.3) is 0 Å². The van der Waals surface area contributed by atoms with E-state index in [1.165, 1.54) is 32.9 Å². The maximum absolute atomic E-state index is 5.13. The normalized spacial score (nSPS) is 15.5. The highest BCUT2D eigenvalue weighted by atomic mass is 15.0. The van der Waals surface area contributed by atoms with Gasteiger partial charge in [-0.1, -0.05) is 133 Å². The summed E-state index contributed by atoms with van der Waals surface area (Å²) in [6.45, 7) is 13.5. The molecule has 0 bridgehead atoms. The quantitative estimate of drug-likeness (QED) is 0.206. The molecule has 2 heterocycles. The summed E-state index contributed by atoms with van der Waals surface area (Å²) in [4.78, 5) is 15.3. The van der Waals surface area contributed by atoms with Crippen LogP contribution in [0.5, 0.6) is 0 Å². The van der Waals surface area contributed by atoms with E-state index < -0.39 is 0 Å². The lowest BCUT2D eigenvalue weighted by Crippen LogP contribution is -2.13. The molecule has 0 N–H and O–H groups in total. The van der Waals surface area contributed by atoms with Crippen LogP contribution in [-0.4, -0.2) is 19.5 Å². The SMILES string of the molecule is CC(C)(C)C1=CCC(c2nc(-c3ccc(C(C)(C)C)cc3)nc(-c3cccc(-n4c5ccccc5c5ccccc54)c3)n2)C=C1. The van der Waals surface area contributed by atoms with Crippen molar-refractivity contribution in [1.29, 1.82) is 0 Å². The van der Waals surface area contributed by atoms with E-state index in [1.807, 2.05) is 0 Å². The molecule has 2 aromatic heterocycles. The Kier molecular flexibility index (Phi) is 7.04. The first kappa shape index (κ1) is 28.9. The number of hydrogen-bond acceptors (Lipinski definition) is 3. The van der Waals surface area contributed by atoms with E-state index in [4.69, 9.17) is 15.0 Å². The second kappa shape index (κ2) is 11.0. The van der Waals surface area contributed by atoms with Crippen LogP contribution in [0.2, 0.25) is 0 Å². The molecule has 4 nitrogen and oxygen atoms in total. The lowest BCUT2D eigenvalue weighted by molar-refractivity contribution is 0.509. The second-order valence-electron chi connectivity index (χ2n) is 14.2. The summed E-state index contributed by atoms with van der Waals surface area (Å²) >= 11 is 0. The first-order valence-corrected chi connectivity index (χ1v) is 15.9. The average Bonchev–Trinajstić information content (AvgIpc) is 3.38. The van der Waals surface area contributed by atoms with E-state index in [-0.39, 0.29) is 16.7 Å². The Morgan fingerprint density at radius 1 is 0.622 bits per heavy atom. The van der Waals surface area contributed by atoms with Gasteiger partial charge in [0.05, 0.1) is 11.0 Å². The third-order valence-electron chi connectivity index (χ3n) is 8.90. The first-order chi connectivity index (χ1) is 21.6. The number of hydrogen-bond donors (Lipinski definition) is 0. The number of allylic oxidation sites excluding steroid dienone is 4. The molecule has 1 aliphatic rings. The van der Waals surface area contributed by atoms with Gasteiger partial charge in [-0.15, -0.1) is 0 Å². The molecule has 7 rings (SSSR count). The van der Waals surface area contributed by atoms with Crippen molar-refractivity contribution in [3.63, 3.8) is 0 Å². The van der Waals surface area contributed by atoms with E-state index in [1.54, 1.807) is 0 Å². The third-order valence-corrected chi connectivity index (χ3v) is 8.90. The molecule has 0 amide bonds. The smallest absolute Gasteiger partial charge is 0.163 e. The molecule has 4 heteroatoms. The first-order valence-electron chi connectivity index (χ1n) is 15.9. The zero-order valence-electron chi connectivity index (χ0n) is 27.0. The fourth-order valence-corrected chi connectivity index (χ4v) is 6.29. The van der Waals surface area contributed by atoms with Crippen molar-refractivity contribution in [2.24, 2.45) is 5.41 Å². The standard InChI is InChI=1S/C41H40N4/c1-40(2,3)30-22-18-27(19-23-30)37-42-38(28-20-24-31(25-21-28)41(4,5)6)44-39(43-37)29-12-11-13-32(26-29)45-35-16-9-7-14-33(35)34-15-8-10-17-36(34)45/h7-20,22-26,28H,21H2,1-6H3. The lowest BCUT2D eigenvalue weighted by atomic mass is 9.81. The summed E-state index contributed by atoms with van der Waals surface area (Å²) in [5.74, 6) is 2.29. The molecule has 6 aromatic rings.